The van der Waals surface area contributed by atoms with Crippen LogP contribution in [0.5, 0.6) is 0 Å². The minimum atomic E-state index is 0.132. The van der Waals surface area contributed by atoms with Crippen LogP contribution < -0.4 is 5.32 Å². The Kier molecular flexibility index (Phi) is 5.24. The second kappa shape index (κ2) is 6.93. The highest BCUT2D eigenvalue weighted by atomic mass is 79.9. The molecule has 1 saturated carbocycles. The molecule has 2 nitrogen and oxygen atoms in total. The van der Waals surface area contributed by atoms with Crippen molar-refractivity contribution in [3.05, 3.63) is 28.7 Å². The van der Waals surface area contributed by atoms with Gasteiger partial charge in [-0.15, -0.1) is 0 Å². The Labute approximate surface area is 117 Å². The zero-order valence-corrected chi connectivity index (χ0v) is 12.2. The molecular weight excluding hydrogens is 290 g/mol. The van der Waals surface area contributed by atoms with E-state index in [9.17, 15) is 4.79 Å². The fourth-order valence-electron chi connectivity index (χ4n) is 2.59. The number of anilines is 1. The van der Waals surface area contributed by atoms with Crippen molar-refractivity contribution in [1.29, 1.82) is 0 Å². The van der Waals surface area contributed by atoms with Crippen molar-refractivity contribution >= 4 is 27.5 Å². The first kappa shape index (κ1) is 13.6. The van der Waals surface area contributed by atoms with E-state index in [1.54, 1.807) is 0 Å². The predicted octanol–water partition coefficient (Wildman–Crippen LogP) is 4.75. The van der Waals surface area contributed by atoms with E-state index in [1.165, 1.54) is 32.1 Å². The summed E-state index contributed by atoms with van der Waals surface area (Å²) in [7, 11) is 0. The van der Waals surface area contributed by atoms with Gasteiger partial charge in [-0.1, -0.05) is 44.2 Å². The van der Waals surface area contributed by atoms with Gasteiger partial charge in [-0.3, -0.25) is 4.79 Å². The van der Waals surface area contributed by atoms with Gasteiger partial charge in [0.05, 0.1) is 5.69 Å². The van der Waals surface area contributed by atoms with E-state index in [0.29, 0.717) is 6.42 Å². The average Bonchev–Trinajstić information content (AvgIpc) is 2.40. The van der Waals surface area contributed by atoms with Gasteiger partial charge >= 0.3 is 0 Å². The number of rotatable bonds is 4. The number of para-hydroxylation sites is 1. The molecule has 0 aliphatic heterocycles. The van der Waals surface area contributed by atoms with Crippen LogP contribution in [-0.2, 0) is 4.79 Å². The molecule has 98 valence electrons. The molecule has 0 atom stereocenters. The lowest BCUT2D eigenvalue weighted by Crippen LogP contribution is -2.15. The van der Waals surface area contributed by atoms with Crippen molar-refractivity contribution in [2.75, 3.05) is 5.32 Å². The van der Waals surface area contributed by atoms with Crippen LogP contribution in [0, 0.1) is 5.92 Å². The smallest absolute Gasteiger partial charge is 0.224 e. The van der Waals surface area contributed by atoms with Gasteiger partial charge in [0.25, 0.3) is 0 Å². The Bertz CT molecular complexity index is 399. The summed E-state index contributed by atoms with van der Waals surface area (Å²) in [6.07, 6.45) is 8.36. The topological polar surface area (TPSA) is 29.1 Å². The van der Waals surface area contributed by atoms with Crippen LogP contribution in [0.3, 0.4) is 0 Å². The molecule has 1 aliphatic carbocycles. The molecule has 0 unspecified atom stereocenters. The Morgan fingerprint density at radius 2 is 1.94 bits per heavy atom. The van der Waals surface area contributed by atoms with E-state index in [1.807, 2.05) is 24.3 Å². The van der Waals surface area contributed by atoms with Crippen LogP contribution in [0.15, 0.2) is 28.7 Å². The lowest BCUT2D eigenvalue weighted by atomic mass is 9.86. The molecular formula is C15H20BrNO. The van der Waals surface area contributed by atoms with E-state index in [4.69, 9.17) is 0 Å². The molecule has 1 aliphatic rings. The van der Waals surface area contributed by atoms with E-state index in [2.05, 4.69) is 21.2 Å². The summed E-state index contributed by atoms with van der Waals surface area (Å²) in [5.74, 6) is 0.899. The van der Waals surface area contributed by atoms with E-state index in [-0.39, 0.29) is 5.91 Å². The second-order valence-corrected chi connectivity index (χ2v) is 5.93. The molecule has 1 amide bonds. The maximum absolute atomic E-state index is 11.9. The lowest BCUT2D eigenvalue weighted by molar-refractivity contribution is -0.116. The van der Waals surface area contributed by atoms with Crippen LogP contribution in [0.1, 0.15) is 44.9 Å². The highest BCUT2D eigenvalue weighted by Crippen LogP contribution is 2.27. The third-order valence-corrected chi connectivity index (χ3v) is 4.34. The van der Waals surface area contributed by atoms with E-state index in [0.717, 1.165) is 22.5 Å². The van der Waals surface area contributed by atoms with Gasteiger partial charge in [-0.2, -0.15) is 0 Å². The average molecular weight is 310 g/mol. The Morgan fingerprint density at radius 1 is 1.22 bits per heavy atom. The maximum atomic E-state index is 11.9. The van der Waals surface area contributed by atoms with Gasteiger partial charge in [0.1, 0.15) is 0 Å². The normalized spacial score (nSPS) is 16.5. The number of carbonyl (C=O) groups is 1. The molecule has 0 aromatic heterocycles. The molecule has 3 heteroatoms. The summed E-state index contributed by atoms with van der Waals surface area (Å²) in [5, 5.41) is 2.96. The molecule has 0 spiro atoms. The van der Waals surface area contributed by atoms with Crippen molar-refractivity contribution in [2.24, 2.45) is 5.92 Å². The number of amides is 1. The van der Waals surface area contributed by atoms with Crippen LogP contribution in [0.4, 0.5) is 5.69 Å². The summed E-state index contributed by atoms with van der Waals surface area (Å²) >= 11 is 3.44. The van der Waals surface area contributed by atoms with Crippen LogP contribution in [-0.4, -0.2) is 5.91 Å². The fraction of sp³-hybridized carbons (Fsp3) is 0.533. The molecule has 18 heavy (non-hydrogen) atoms. The van der Waals surface area contributed by atoms with Crippen molar-refractivity contribution in [3.63, 3.8) is 0 Å². The fourth-order valence-corrected chi connectivity index (χ4v) is 2.97. The Morgan fingerprint density at radius 3 is 2.67 bits per heavy atom. The van der Waals surface area contributed by atoms with Gasteiger partial charge in [0, 0.05) is 10.9 Å². The van der Waals surface area contributed by atoms with Crippen molar-refractivity contribution < 1.29 is 4.79 Å². The summed E-state index contributed by atoms with van der Waals surface area (Å²) in [4.78, 5) is 11.9. The highest BCUT2D eigenvalue weighted by Gasteiger charge is 2.15. The third kappa shape index (κ3) is 4.13. The molecule has 1 fully saturated rings. The van der Waals surface area contributed by atoms with Crippen LogP contribution >= 0.6 is 15.9 Å². The largest absolute Gasteiger partial charge is 0.325 e. The Hall–Kier alpha value is -0.830. The maximum Gasteiger partial charge on any atom is 0.224 e. The number of hydrogen-bond donors (Lipinski definition) is 1. The summed E-state index contributed by atoms with van der Waals surface area (Å²) < 4.78 is 0.941. The number of halogens is 1. The van der Waals surface area contributed by atoms with Gasteiger partial charge in [0.2, 0.25) is 5.91 Å². The van der Waals surface area contributed by atoms with Crippen molar-refractivity contribution in [3.8, 4) is 0 Å². The minimum Gasteiger partial charge on any atom is -0.325 e. The molecule has 0 bridgehead atoms. The number of nitrogens with one attached hydrogen (secondary N) is 1. The first-order chi connectivity index (χ1) is 8.75. The summed E-state index contributed by atoms with van der Waals surface area (Å²) in [5.41, 5.74) is 0.867. The van der Waals surface area contributed by atoms with Gasteiger partial charge in [-0.05, 0) is 40.4 Å². The van der Waals surface area contributed by atoms with Gasteiger partial charge in [-0.25, -0.2) is 0 Å². The molecule has 0 saturated heterocycles. The predicted molar refractivity (Wildman–Crippen MR) is 78.6 cm³/mol. The third-order valence-electron chi connectivity index (χ3n) is 3.65. The number of hydrogen-bond acceptors (Lipinski definition) is 1. The first-order valence-electron chi connectivity index (χ1n) is 6.80. The van der Waals surface area contributed by atoms with E-state index >= 15 is 0 Å². The number of benzene rings is 1. The zero-order chi connectivity index (χ0) is 12.8. The van der Waals surface area contributed by atoms with Crippen LogP contribution in [0.25, 0.3) is 0 Å². The molecule has 0 radical (unpaired) electrons. The van der Waals surface area contributed by atoms with Crippen molar-refractivity contribution in [1.82, 2.24) is 0 Å². The SMILES string of the molecule is O=C(CCC1CCCCC1)Nc1ccccc1Br. The Balaban J connectivity index is 1.76. The molecule has 0 heterocycles. The minimum absolute atomic E-state index is 0.132. The van der Waals surface area contributed by atoms with Crippen molar-refractivity contribution in [2.45, 2.75) is 44.9 Å². The first-order valence-corrected chi connectivity index (χ1v) is 7.59. The standard InChI is InChI=1S/C15H20BrNO/c16-13-8-4-5-9-14(13)17-15(18)11-10-12-6-2-1-3-7-12/h4-5,8-9,12H,1-3,6-7,10-11H2,(H,17,18). The second-order valence-electron chi connectivity index (χ2n) is 5.07. The molecule has 1 aromatic rings. The van der Waals surface area contributed by atoms with Gasteiger partial charge in [0.15, 0.2) is 0 Å². The lowest BCUT2D eigenvalue weighted by Gasteiger charge is -2.21. The van der Waals surface area contributed by atoms with E-state index < -0.39 is 0 Å². The highest BCUT2D eigenvalue weighted by molar-refractivity contribution is 9.10. The van der Waals surface area contributed by atoms with Crippen LogP contribution in [0.2, 0.25) is 0 Å². The zero-order valence-electron chi connectivity index (χ0n) is 10.6. The molecule has 1 aromatic carbocycles. The molecule has 2 rings (SSSR count). The quantitative estimate of drug-likeness (QED) is 0.854. The monoisotopic (exact) mass is 309 g/mol. The van der Waals surface area contributed by atoms with Gasteiger partial charge < -0.3 is 5.32 Å². The summed E-state index contributed by atoms with van der Waals surface area (Å²) in [6.45, 7) is 0. The number of carbonyl (C=O) groups excluding carboxylic acids is 1. The summed E-state index contributed by atoms with van der Waals surface area (Å²) in [6, 6.07) is 7.74. The molecule has 1 N–H and O–H groups in total.